The van der Waals surface area contributed by atoms with Gasteiger partial charge < -0.3 is 15.4 Å². The van der Waals surface area contributed by atoms with Gasteiger partial charge in [-0.05, 0) is 58.7 Å². The van der Waals surface area contributed by atoms with E-state index in [0.29, 0.717) is 6.04 Å². The summed E-state index contributed by atoms with van der Waals surface area (Å²) in [5.74, 6) is 0. The third kappa shape index (κ3) is 5.20. The van der Waals surface area contributed by atoms with Crippen LogP contribution in [0.15, 0.2) is 0 Å². The summed E-state index contributed by atoms with van der Waals surface area (Å²) in [6.45, 7) is 13.1. The van der Waals surface area contributed by atoms with Crippen molar-refractivity contribution in [3.05, 3.63) is 0 Å². The molecule has 0 aromatic heterocycles. The van der Waals surface area contributed by atoms with Crippen LogP contribution < -0.4 is 5.73 Å². The van der Waals surface area contributed by atoms with E-state index in [0.717, 1.165) is 19.7 Å². The lowest BCUT2D eigenvalue weighted by Gasteiger charge is -2.46. The molecule has 1 heterocycles. The second-order valence-corrected chi connectivity index (χ2v) is 6.57. The molecule has 126 valence electrons. The Kier molecular flexibility index (Phi) is 8.79. The van der Waals surface area contributed by atoms with Gasteiger partial charge in [0.15, 0.2) is 0 Å². The van der Waals surface area contributed by atoms with Crippen molar-refractivity contribution in [2.75, 3.05) is 46.4 Å². The highest BCUT2D eigenvalue weighted by atomic mass is 16.5. The normalized spacial score (nSPS) is 26.0. The lowest BCUT2D eigenvalue weighted by atomic mass is 9.86. The maximum absolute atomic E-state index is 6.29. The van der Waals surface area contributed by atoms with E-state index in [1.807, 2.05) is 0 Å². The van der Waals surface area contributed by atoms with E-state index in [-0.39, 0.29) is 5.54 Å². The fourth-order valence-electron chi connectivity index (χ4n) is 3.72. The lowest BCUT2D eigenvalue weighted by molar-refractivity contribution is 0.0174. The zero-order chi connectivity index (χ0) is 15.7. The fraction of sp³-hybridized carbons (Fsp3) is 1.00. The van der Waals surface area contributed by atoms with Crippen molar-refractivity contribution in [1.82, 2.24) is 9.80 Å². The summed E-state index contributed by atoms with van der Waals surface area (Å²) in [6.07, 6.45) is 6.09. The van der Waals surface area contributed by atoms with Crippen LogP contribution in [0.1, 0.15) is 52.9 Å². The van der Waals surface area contributed by atoms with E-state index in [1.165, 1.54) is 51.7 Å². The zero-order valence-electron chi connectivity index (χ0n) is 14.7. The highest BCUT2D eigenvalue weighted by Crippen LogP contribution is 2.30. The van der Waals surface area contributed by atoms with Crippen molar-refractivity contribution in [2.24, 2.45) is 5.73 Å². The van der Waals surface area contributed by atoms with Crippen molar-refractivity contribution >= 4 is 0 Å². The van der Waals surface area contributed by atoms with E-state index >= 15 is 0 Å². The molecule has 0 spiro atoms. The minimum absolute atomic E-state index is 0.163. The van der Waals surface area contributed by atoms with Gasteiger partial charge in [0.2, 0.25) is 0 Å². The molecule has 0 aromatic carbocycles. The van der Waals surface area contributed by atoms with Gasteiger partial charge in [0.1, 0.15) is 0 Å². The summed E-state index contributed by atoms with van der Waals surface area (Å²) in [5.41, 5.74) is 6.45. The first-order valence-electron chi connectivity index (χ1n) is 8.81. The monoisotopic (exact) mass is 299 g/mol. The molecular weight excluding hydrogens is 262 g/mol. The molecule has 0 bridgehead atoms. The molecule has 2 N–H and O–H groups in total. The van der Waals surface area contributed by atoms with Gasteiger partial charge in [-0.1, -0.05) is 13.8 Å². The summed E-state index contributed by atoms with van der Waals surface area (Å²) < 4.78 is 5.35. The molecule has 21 heavy (non-hydrogen) atoms. The van der Waals surface area contributed by atoms with Crippen LogP contribution in [0.5, 0.6) is 0 Å². The van der Waals surface area contributed by atoms with Gasteiger partial charge in [0.25, 0.3) is 0 Å². The maximum Gasteiger partial charge on any atom is 0.0590 e. The molecule has 1 aliphatic rings. The highest BCUT2D eigenvalue weighted by molar-refractivity contribution is 4.96. The number of likely N-dealkylation sites (tertiary alicyclic amines) is 1. The molecular formula is C17H37N3O. The van der Waals surface area contributed by atoms with E-state index in [4.69, 9.17) is 10.5 Å². The molecule has 1 aliphatic heterocycles. The first-order chi connectivity index (χ1) is 10.1. The minimum Gasteiger partial charge on any atom is -0.383 e. The molecule has 2 atom stereocenters. The van der Waals surface area contributed by atoms with Gasteiger partial charge in [-0.3, -0.25) is 4.90 Å². The standard InChI is InChI=1S/C17H37N3O/c1-5-10-19-11-7-8-17(15-18,9-12-19)20(13-14-21-4)16(3)6-2/h16H,5-15,18H2,1-4H3. The summed E-state index contributed by atoms with van der Waals surface area (Å²) in [6, 6.07) is 0.571. The molecule has 0 aliphatic carbocycles. The SMILES string of the molecule is CCCN1CCCC(CN)(N(CCOC)C(C)CC)CC1. The number of nitrogens with two attached hydrogens (primary N) is 1. The maximum atomic E-state index is 6.29. The Morgan fingerprint density at radius 2 is 2.05 bits per heavy atom. The van der Waals surface area contributed by atoms with Crippen LogP contribution in [0.4, 0.5) is 0 Å². The van der Waals surface area contributed by atoms with Crippen molar-refractivity contribution in [1.29, 1.82) is 0 Å². The molecule has 4 heteroatoms. The number of hydrogen-bond acceptors (Lipinski definition) is 4. The number of rotatable bonds is 9. The Hall–Kier alpha value is -0.160. The van der Waals surface area contributed by atoms with Crippen molar-refractivity contribution < 1.29 is 4.74 Å². The van der Waals surface area contributed by atoms with Gasteiger partial charge in [0.05, 0.1) is 6.61 Å². The quantitative estimate of drug-likeness (QED) is 0.709. The van der Waals surface area contributed by atoms with Gasteiger partial charge in [0, 0.05) is 31.8 Å². The van der Waals surface area contributed by atoms with Crippen molar-refractivity contribution in [3.8, 4) is 0 Å². The van der Waals surface area contributed by atoms with Crippen LogP contribution in [0, 0.1) is 0 Å². The zero-order valence-corrected chi connectivity index (χ0v) is 14.7. The molecule has 0 amide bonds. The Balaban J connectivity index is 2.82. The lowest BCUT2D eigenvalue weighted by Crippen LogP contribution is -2.58. The molecule has 1 rings (SSSR count). The number of hydrogen-bond donors (Lipinski definition) is 1. The van der Waals surface area contributed by atoms with Crippen LogP contribution in [-0.2, 0) is 4.74 Å². The van der Waals surface area contributed by atoms with Gasteiger partial charge in [-0.25, -0.2) is 0 Å². The second kappa shape index (κ2) is 9.78. The molecule has 2 unspecified atom stereocenters. The predicted octanol–water partition coefficient (Wildman–Crippen LogP) is 2.33. The van der Waals surface area contributed by atoms with Crippen LogP contribution >= 0.6 is 0 Å². The van der Waals surface area contributed by atoms with Gasteiger partial charge in [-0.15, -0.1) is 0 Å². The average Bonchev–Trinajstić information content (AvgIpc) is 2.71. The first-order valence-corrected chi connectivity index (χ1v) is 8.81. The molecule has 4 nitrogen and oxygen atoms in total. The Morgan fingerprint density at radius 3 is 2.62 bits per heavy atom. The molecule has 0 saturated carbocycles. The Labute approximate surface area is 132 Å². The smallest absolute Gasteiger partial charge is 0.0590 e. The largest absolute Gasteiger partial charge is 0.383 e. The topological polar surface area (TPSA) is 41.7 Å². The van der Waals surface area contributed by atoms with Crippen LogP contribution in [0.2, 0.25) is 0 Å². The summed E-state index contributed by atoms with van der Waals surface area (Å²) in [5, 5.41) is 0. The third-order valence-corrected chi connectivity index (χ3v) is 5.20. The summed E-state index contributed by atoms with van der Waals surface area (Å²) in [7, 11) is 1.79. The summed E-state index contributed by atoms with van der Waals surface area (Å²) in [4.78, 5) is 5.26. The molecule has 1 fully saturated rings. The fourth-order valence-corrected chi connectivity index (χ4v) is 3.72. The summed E-state index contributed by atoms with van der Waals surface area (Å²) >= 11 is 0. The minimum atomic E-state index is 0.163. The number of nitrogens with zero attached hydrogens (tertiary/aromatic N) is 2. The first kappa shape index (κ1) is 18.9. The molecule has 0 aromatic rings. The number of methoxy groups -OCH3 is 1. The van der Waals surface area contributed by atoms with E-state index in [1.54, 1.807) is 7.11 Å². The van der Waals surface area contributed by atoms with Gasteiger partial charge in [-0.2, -0.15) is 0 Å². The van der Waals surface area contributed by atoms with E-state index in [9.17, 15) is 0 Å². The van der Waals surface area contributed by atoms with E-state index < -0.39 is 0 Å². The van der Waals surface area contributed by atoms with Crippen molar-refractivity contribution in [3.63, 3.8) is 0 Å². The Morgan fingerprint density at radius 1 is 1.29 bits per heavy atom. The van der Waals surface area contributed by atoms with Crippen molar-refractivity contribution in [2.45, 2.75) is 64.5 Å². The van der Waals surface area contributed by atoms with Crippen LogP contribution in [0.3, 0.4) is 0 Å². The number of ether oxygens (including phenoxy) is 1. The Bertz CT molecular complexity index is 275. The van der Waals surface area contributed by atoms with Crippen LogP contribution in [-0.4, -0.2) is 67.8 Å². The van der Waals surface area contributed by atoms with E-state index in [2.05, 4.69) is 30.6 Å². The molecule has 0 radical (unpaired) electrons. The molecule has 1 saturated heterocycles. The second-order valence-electron chi connectivity index (χ2n) is 6.57. The average molecular weight is 300 g/mol. The van der Waals surface area contributed by atoms with Crippen LogP contribution in [0.25, 0.3) is 0 Å². The predicted molar refractivity (Wildman–Crippen MR) is 90.7 cm³/mol. The van der Waals surface area contributed by atoms with Gasteiger partial charge >= 0.3 is 0 Å². The highest BCUT2D eigenvalue weighted by Gasteiger charge is 2.38. The third-order valence-electron chi connectivity index (χ3n) is 5.20.